The SMILES string of the molecule is COC1(c2cc3c(N(C)Cc4cccc(C(F)F)c4F)ncnc3n(C)c2=O)CCS(=O)C(C)C1. The van der Waals surface area contributed by atoms with Crippen LogP contribution in [0.3, 0.4) is 0 Å². The van der Waals surface area contributed by atoms with Gasteiger partial charge in [-0.1, -0.05) is 25.1 Å². The largest absolute Gasteiger partial charge is 0.373 e. The van der Waals surface area contributed by atoms with Gasteiger partial charge in [-0.2, -0.15) is 0 Å². The van der Waals surface area contributed by atoms with Crippen LogP contribution in [0.15, 0.2) is 35.4 Å². The Bertz CT molecular complexity index is 1350. The summed E-state index contributed by atoms with van der Waals surface area (Å²) in [6, 6.07) is 5.60. The Kier molecular flexibility index (Phi) is 7.01. The summed E-state index contributed by atoms with van der Waals surface area (Å²) in [5.74, 6) is -0.135. The van der Waals surface area contributed by atoms with E-state index in [2.05, 4.69) is 9.97 Å². The Morgan fingerprint density at radius 1 is 1.34 bits per heavy atom. The number of nitrogens with zero attached hydrogens (tertiary/aromatic N) is 4. The van der Waals surface area contributed by atoms with E-state index in [9.17, 15) is 22.2 Å². The average Bonchev–Trinajstić information content (AvgIpc) is 2.84. The molecule has 0 aliphatic carbocycles. The Morgan fingerprint density at radius 3 is 2.74 bits per heavy atom. The Labute approximate surface area is 203 Å². The summed E-state index contributed by atoms with van der Waals surface area (Å²) in [6.45, 7) is 1.85. The summed E-state index contributed by atoms with van der Waals surface area (Å²) < 4.78 is 60.6. The maximum atomic E-state index is 14.7. The number of aryl methyl sites for hydroxylation is 1. The quantitative estimate of drug-likeness (QED) is 0.504. The molecule has 3 unspecified atom stereocenters. The first kappa shape index (κ1) is 25.3. The van der Waals surface area contributed by atoms with Crippen LogP contribution in [0.1, 0.15) is 42.9 Å². The second kappa shape index (κ2) is 9.69. The van der Waals surface area contributed by atoms with Crippen molar-refractivity contribution in [1.29, 1.82) is 0 Å². The Morgan fingerprint density at radius 2 is 2.09 bits per heavy atom. The van der Waals surface area contributed by atoms with E-state index in [0.29, 0.717) is 41.0 Å². The molecule has 1 fully saturated rings. The number of rotatable bonds is 6. The lowest BCUT2D eigenvalue weighted by Gasteiger charge is -2.38. The zero-order valence-electron chi connectivity index (χ0n) is 19.9. The Balaban J connectivity index is 1.82. The molecular formula is C24H27F3N4O3S. The first-order valence-corrected chi connectivity index (χ1v) is 12.5. The van der Waals surface area contributed by atoms with Crippen molar-refractivity contribution < 1.29 is 22.1 Å². The van der Waals surface area contributed by atoms with Crippen molar-refractivity contribution >= 4 is 27.7 Å². The molecule has 2 aromatic heterocycles. The van der Waals surface area contributed by atoms with Crippen LogP contribution >= 0.6 is 0 Å². The van der Waals surface area contributed by atoms with Gasteiger partial charge in [-0.15, -0.1) is 0 Å². The van der Waals surface area contributed by atoms with Gasteiger partial charge in [-0.25, -0.2) is 23.1 Å². The predicted octanol–water partition coefficient (Wildman–Crippen LogP) is 3.81. The van der Waals surface area contributed by atoms with Crippen LogP contribution in [0.2, 0.25) is 0 Å². The molecule has 0 bridgehead atoms. The highest BCUT2D eigenvalue weighted by molar-refractivity contribution is 7.85. The fourth-order valence-corrected chi connectivity index (χ4v) is 6.16. The average molecular weight is 509 g/mol. The minimum atomic E-state index is -2.92. The van der Waals surface area contributed by atoms with Crippen LogP contribution in [0, 0.1) is 5.82 Å². The second-order valence-corrected chi connectivity index (χ2v) is 10.9. The van der Waals surface area contributed by atoms with Gasteiger partial charge in [-0.05, 0) is 18.9 Å². The van der Waals surface area contributed by atoms with Gasteiger partial charge in [0.15, 0.2) is 0 Å². The number of anilines is 1. The predicted molar refractivity (Wildman–Crippen MR) is 129 cm³/mol. The lowest BCUT2D eigenvalue weighted by atomic mass is 9.86. The van der Waals surface area contributed by atoms with Crippen LogP contribution < -0.4 is 10.5 Å². The molecule has 35 heavy (non-hydrogen) atoms. The molecule has 7 nitrogen and oxygen atoms in total. The molecule has 4 rings (SSSR count). The number of pyridine rings is 1. The third kappa shape index (κ3) is 4.47. The smallest absolute Gasteiger partial charge is 0.266 e. The molecule has 1 saturated heterocycles. The fraction of sp³-hybridized carbons (Fsp3) is 0.458. The van der Waals surface area contributed by atoms with Crippen LogP contribution in [-0.2, 0) is 34.7 Å². The lowest BCUT2D eigenvalue weighted by Crippen LogP contribution is -2.44. The summed E-state index contributed by atoms with van der Waals surface area (Å²) in [5.41, 5.74) is -0.968. The number of hydrogen-bond donors (Lipinski definition) is 0. The van der Waals surface area contributed by atoms with E-state index in [1.165, 1.54) is 30.1 Å². The number of halogens is 3. The molecule has 1 aliphatic rings. The zero-order chi connectivity index (χ0) is 25.5. The normalized spacial score (nSPS) is 22.6. The molecule has 1 aliphatic heterocycles. The van der Waals surface area contributed by atoms with E-state index < -0.39 is 34.2 Å². The number of ether oxygens (including phenoxy) is 1. The highest BCUT2D eigenvalue weighted by Gasteiger charge is 2.42. The van der Waals surface area contributed by atoms with Crippen LogP contribution in [0.25, 0.3) is 11.0 Å². The maximum absolute atomic E-state index is 14.7. The van der Waals surface area contributed by atoms with E-state index in [1.54, 1.807) is 25.1 Å². The van der Waals surface area contributed by atoms with E-state index in [4.69, 9.17) is 4.74 Å². The van der Waals surface area contributed by atoms with Gasteiger partial charge in [0.25, 0.3) is 12.0 Å². The van der Waals surface area contributed by atoms with Gasteiger partial charge in [-0.3, -0.25) is 13.6 Å². The molecule has 11 heteroatoms. The van der Waals surface area contributed by atoms with Crippen LogP contribution in [0.4, 0.5) is 19.0 Å². The van der Waals surface area contributed by atoms with Crippen molar-refractivity contribution in [3.8, 4) is 0 Å². The topological polar surface area (TPSA) is 77.3 Å². The summed E-state index contributed by atoms with van der Waals surface area (Å²) >= 11 is 0. The summed E-state index contributed by atoms with van der Waals surface area (Å²) in [5, 5.41) is 0.386. The third-order valence-electron chi connectivity index (χ3n) is 6.75. The van der Waals surface area contributed by atoms with Crippen LogP contribution in [0.5, 0.6) is 0 Å². The van der Waals surface area contributed by atoms with E-state index in [0.717, 1.165) is 6.07 Å². The third-order valence-corrected chi connectivity index (χ3v) is 8.42. The highest BCUT2D eigenvalue weighted by Crippen LogP contribution is 2.39. The number of aromatic nitrogens is 3. The molecule has 0 N–H and O–H groups in total. The number of fused-ring (bicyclic) bond motifs is 1. The molecule has 188 valence electrons. The minimum absolute atomic E-state index is 0.0257. The van der Waals surface area contributed by atoms with Crippen molar-refractivity contribution in [3.63, 3.8) is 0 Å². The van der Waals surface area contributed by atoms with Crippen molar-refractivity contribution in [3.05, 3.63) is 63.5 Å². The number of hydrogen-bond acceptors (Lipinski definition) is 6. The van der Waals surface area contributed by atoms with Gasteiger partial charge in [0.2, 0.25) is 0 Å². The van der Waals surface area contributed by atoms with Crippen molar-refractivity contribution in [1.82, 2.24) is 14.5 Å². The molecule has 0 radical (unpaired) electrons. The maximum Gasteiger partial charge on any atom is 0.266 e. The number of benzene rings is 1. The molecule has 3 aromatic rings. The van der Waals surface area contributed by atoms with Gasteiger partial charge in [0.05, 0.1) is 16.5 Å². The standard InChI is InChI=1S/C24H27F3N4O3S/c1-14-11-24(34-4,8-9-35(14)33)18-10-17-21(28-13-29-22(17)31(3)23(18)32)30(2)12-15-6-5-7-16(19(15)25)20(26)27/h5-7,10,13-14,20H,8-9,11-12H2,1-4H3. The molecule has 0 spiro atoms. The first-order chi connectivity index (χ1) is 16.6. The lowest BCUT2D eigenvalue weighted by molar-refractivity contribution is -0.0288. The van der Waals surface area contributed by atoms with Crippen molar-refractivity contribution in [2.75, 3.05) is 24.8 Å². The number of alkyl halides is 2. The van der Waals surface area contributed by atoms with Gasteiger partial charge in [0, 0.05) is 55.1 Å². The van der Waals surface area contributed by atoms with Gasteiger partial charge < -0.3 is 9.64 Å². The highest BCUT2D eigenvalue weighted by atomic mass is 32.2. The molecule has 3 atom stereocenters. The second-order valence-electron chi connectivity index (χ2n) is 8.88. The first-order valence-electron chi connectivity index (χ1n) is 11.1. The molecule has 0 saturated carbocycles. The summed E-state index contributed by atoms with van der Waals surface area (Å²) in [4.78, 5) is 23.6. The van der Waals surface area contributed by atoms with E-state index in [-0.39, 0.29) is 22.9 Å². The van der Waals surface area contributed by atoms with Gasteiger partial charge in [0.1, 0.15) is 29.2 Å². The summed E-state index contributed by atoms with van der Waals surface area (Å²) in [6.07, 6.45) is -0.779. The molecule has 0 amide bonds. The zero-order valence-corrected chi connectivity index (χ0v) is 20.7. The minimum Gasteiger partial charge on any atom is -0.373 e. The van der Waals surface area contributed by atoms with E-state index in [1.807, 2.05) is 6.92 Å². The van der Waals surface area contributed by atoms with Gasteiger partial charge >= 0.3 is 0 Å². The molecular weight excluding hydrogens is 481 g/mol. The number of methoxy groups -OCH3 is 1. The van der Waals surface area contributed by atoms with Crippen LogP contribution in [-0.4, -0.2) is 43.9 Å². The van der Waals surface area contributed by atoms with Crippen molar-refractivity contribution in [2.24, 2.45) is 7.05 Å². The monoisotopic (exact) mass is 508 g/mol. The fourth-order valence-electron chi connectivity index (χ4n) is 4.77. The molecule has 3 heterocycles. The van der Waals surface area contributed by atoms with E-state index >= 15 is 0 Å². The summed E-state index contributed by atoms with van der Waals surface area (Å²) in [7, 11) is 3.81. The van der Waals surface area contributed by atoms with Crippen molar-refractivity contribution in [2.45, 2.75) is 43.6 Å². The molecule has 1 aromatic carbocycles. The Hall–Kier alpha value is -2.79.